The highest BCUT2D eigenvalue weighted by atomic mass is 32.2. The third-order valence-electron chi connectivity index (χ3n) is 4.10. The highest BCUT2D eigenvalue weighted by Gasteiger charge is 2.19. The van der Waals surface area contributed by atoms with E-state index >= 15 is 0 Å². The molecular weight excluding hydrogens is 380 g/mol. The SMILES string of the molecule is CC(C)S(=O)(=O)c1ccc(C(=O)NCCCNC(=O)c2cccc(O)c2)cc1. The Morgan fingerprint density at radius 3 is 2.04 bits per heavy atom. The van der Waals surface area contributed by atoms with Gasteiger partial charge in [0.1, 0.15) is 5.75 Å². The number of hydrogen-bond donors (Lipinski definition) is 3. The van der Waals surface area contributed by atoms with E-state index in [2.05, 4.69) is 10.6 Å². The Labute approximate surface area is 164 Å². The van der Waals surface area contributed by atoms with Gasteiger partial charge in [-0.05, 0) is 62.7 Å². The van der Waals surface area contributed by atoms with E-state index in [1.807, 2.05) is 0 Å². The molecule has 0 spiro atoms. The lowest BCUT2D eigenvalue weighted by Gasteiger charge is -2.09. The fraction of sp³-hybridized carbons (Fsp3) is 0.300. The number of rotatable bonds is 8. The van der Waals surface area contributed by atoms with Crippen LogP contribution in [0.2, 0.25) is 0 Å². The molecule has 0 bridgehead atoms. The number of carbonyl (C=O) groups excluding carboxylic acids is 2. The predicted octanol–water partition coefficient (Wildman–Crippen LogP) is 2.12. The fourth-order valence-corrected chi connectivity index (χ4v) is 3.47. The van der Waals surface area contributed by atoms with Crippen molar-refractivity contribution >= 4 is 21.7 Å². The molecule has 150 valence electrons. The van der Waals surface area contributed by atoms with Crippen molar-refractivity contribution in [3.05, 3.63) is 59.7 Å². The molecule has 0 heterocycles. The van der Waals surface area contributed by atoms with E-state index in [0.717, 1.165) is 0 Å². The molecule has 0 unspecified atom stereocenters. The van der Waals surface area contributed by atoms with E-state index in [1.165, 1.54) is 36.4 Å². The van der Waals surface area contributed by atoms with Crippen LogP contribution in [0.3, 0.4) is 0 Å². The van der Waals surface area contributed by atoms with Crippen LogP contribution in [0.1, 0.15) is 41.0 Å². The predicted molar refractivity (Wildman–Crippen MR) is 106 cm³/mol. The van der Waals surface area contributed by atoms with Gasteiger partial charge in [0.15, 0.2) is 9.84 Å². The molecule has 2 aromatic carbocycles. The largest absolute Gasteiger partial charge is 0.508 e. The van der Waals surface area contributed by atoms with Crippen LogP contribution in [0, 0.1) is 0 Å². The standard InChI is InChI=1S/C20H24N2O5S/c1-14(2)28(26,27)18-9-7-15(8-10-18)19(24)21-11-4-12-22-20(25)16-5-3-6-17(23)13-16/h3,5-10,13-14,23H,4,11-12H2,1-2H3,(H,21,24)(H,22,25). The second kappa shape index (κ2) is 9.36. The van der Waals surface area contributed by atoms with Crippen LogP contribution in [-0.2, 0) is 9.84 Å². The van der Waals surface area contributed by atoms with E-state index < -0.39 is 15.1 Å². The van der Waals surface area contributed by atoms with Crippen LogP contribution >= 0.6 is 0 Å². The number of aromatic hydroxyl groups is 1. The minimum atomic E-state index is -3.37. The molecule has 0 aliphatic rings. The summed E-state index contributed by atoms with van der Waals surface area (Å²) < 4.78 is 24.2. The van der Waals surface area contributed by atoms with Crippen LogP contribution in [0.15, 0.2) is 53.4 Å². The molecule has 2 aromatic rings. The second-order valence-electron chi connectivity index (χ2n) is 6.53. The van der Waals surface area contributed by atoms with Crippen molar-refractivity contribution in [1.29, 1.82) is 0 Å². The van der Waals surface area contributed by atoms with Crippen molar-refractivity contribution in [2.45, 2.75) is 30.4 Å². The van der Waals surface area contributed by atoms with Crippen molar-refractivity contribution in [2.24, 2.45) is 0 Å². The van der Waals surface area contributed by atoms with Crippen LogP contribution in [0.5, 0.6) is 5.75 Å². The first-order valence-corrected chi connectivity index (χ1v) is 10.5. The van der Waals surface area contributed by atoms with Crippen molar-refractivity contribution in [2.75, 3.05) is 13.1 Å². The maximum Gasteiger partial charge on any atom is 0.251 e. The Morgan fingerprint density at radius 2 is 1.50 bits per heavy atom. The molecule has 3 N–H and O–H groups in total. The van der Waals surface area contributed by atoms with Gasteiger partial charge in [-0.15, -0.1) is 0 Å². The quantitative estimate of drug-likeness (QED) is 0.584. The smallest absolute Gasteiger partial charge is 0.251 e. The number of carbonyl (C=O) groups is 2. The first kappa shape index (κ1) is 21.4. The molecule has 0 radical (unpaired) electrons. The summed E-state index contributed by atoms with van der Waals surface area (Å²) in [5.41, 5.74) is 0.729. The number of hydrogen-bond acceptors (Lipinski definition) is 5. The summed E-state index contributed by atoms with van der Waals surface area (Å²) >= 11 is 0. The summed E-state index contributed by atoms with van der Waals surface area (Å²) in [4.78, 5) is 24.2. The number of phenolic OH excluding ortho intramolecular Hbond substituents is 1. The summed E-state index contributed by atoms with van der Waals surface area (Å²) in [7, 11) is -3.37. The van der Waals surface area contributed by atoms with Gasteiger partial charge >= 0.3 is 0 Å². The van der Waals surface area contributed by atoms with Gasteiger partial charge in [-0.25, -0.2) is 8.42 Å². The molecule has 2 amide bonds. The zero-order chi connectivity index (χ0) is 20.7. The number of benzene rings is 2. The lowest BCUT2D eigenvalue weighted by Crippen LogP contribution is -2.29. The fourth-order valence-electron chi connectivity index (χ4n) is 2.41. The Morgan fingerprint density at radius 1 is 0.929 bits per heavy atom. The number of phenols is 1. The zero-order valence-corrected chi connectivity index (χ0v) is 16.6. The number of sulfone groups is 1. The molecule has 0 saturated carbocycles. The third kappa shape index (κ3) is 5.56. The minimum absolute atomic E-state index is 0.0205. The molecule has 28 heavy (non-hydrogen) atoms. The summed E-state index contributed by atoms with van der Waals surface area (Å²) in [6.07, 6.45) is 0.524. The Kier molecular flexibility index (Phi) is 7.17. The normalized spacial score (nSPS) is 11.2. The Bertz CT molecular complexity index is 937. The molecule has 0 saturated heterocycles. The third-order valence-corrected chi connectivity index (χ3v) is 6.27. The highest BCUT2D eigenvalue weighted by molar-refractivity contribution is 7.92. The molecule has 0 fully saturated rings. The minimum Gasteiger partial charge on any atom is -0.508 e. The van der Waals surface area contributed by atoms with Gasteiger partial charge < -0.3 is 15.7 Å². The molecule has 8 heteroatoms. The van der Waals surface area contributed by atoms with Crippen molar-refractivity contribution in [1.82, 2.24) is 10.6 Å². The van der Waals surface area contributed by atoms with Crippen LogP contribution < -0.4 is 10.6 Å². The van der Waals surface area contributed by atoms with Gasteiger partial charge in [-0.2, -0.15) is 0 Å². The van der Waals surface area contributed by atoms with Gasteiger partial charge in [-0.1, -0.05) is 6.07 Å². The number of nitrogens with one attached hydrogen (secondary N) is 2. The van der Waals surface area contributed by atoms with Crippen molar-refractivity contribution < 1.29 is 23.1 Å². The number of amides is 2. The lowest BCUT2D eigenvalue weighted by molar-refractivity contribution is 0.0951. The van der Waals surface area contributed by atoms with E-state index in [-0.39, 0.29) is 22.5 Å². The van der Waals surface area contributed by atoms with Gasteiger partial charge in [0.2, 0.25) is 0 Å². The van der Waals surface area contributed by atoms with Crippen molar-refractivity contribution in [3.63, 3.8) is 0 Å². The van der Waals surface area contributed by atoms with Crippen LogP contribution in [0.25, 0.3) is 0 Å². The molecular formula is C20H24N2O5S. The van der Waals surface area contributed by atoms with Crippen LogP contribution in [-0.4, -0.2) is 43.7 Å². The summed E-state index contributed by atoms with van der Waals surface area (Å²) in [5, 5.41) is 14.3. The maximum absolute atomic E-state index is 12.1. The first-order chi connectivity index (χ1) is 13.2. The van der Waals surface area contributed by atoms with Gasteiger partial charge in [0.05, 0.1) is 10.1 Å². The monoisotopic (exact) mass is 404 g/mol. The lowest BCUT2D eigenvalue weighted by atomic mass is 10.2. The topological polar surface area (TPSA) is 113 Å². The van der Waals surface area contributed by atoms with E-state index in [4.69, 9.17) is 0 Å². The molecule has 0 aliphatic heterocycles. The van der Waals surface area contributed by atoms with Gasteiger partial charge in [0, 0.05) is 24.2 Å². The summed E-state index contributed by atoms with van der Waals surface area (Å²) in [6, 6.07) is 11.9. The van der Waals surface area contributed by atoms with Gasteiger partial charge in [0.25, 0.3) is 11.8 Å². The van der Waals surface area contributed by atoms with Crippen molar-refractivity contribution in [3.8, 4) is 5.75 Å². The van der Waals surface area contributed by atoms with Gasteiger partial charge in [-0.3, -0.25) is 9.59 Å². The van der Waals surface area contributed by atoms with Crippen LogP contribution in [0.4, 0.5) is 0 Å². The summed E-state index contributed by atoms with van der Waals surface area (Å²) in [5.74, 6) is -0.593. The molecule has 0 aromatic heterocycles. The first-order valence-electron chi connectivity index (χ1n) is 8.91. The second-order valence-corrected chi connectivity index (χ2v) is 9.04. The molecule has 0 aliphatic carbocycles. The van der Waals surface area contributed by atoms with E-state index in [9.17, 15) is 23.1 Å². The Hall–Kier alpha value is -2.87. The average Bonchev–Trinajstić information content (AvgIpc) is 2.67. The Balaban J connectivity index is 1.77. The molecule has 2 rings (SSSR count). The summed E-state index contributed by atoms with van der Waals surface area (Å²) in [6.45, 7) is 3.93. The maximum atomic E-state index is 12.1. The average molecular weight is 404 g/mol. The van der Waals surface area contributed by atoms with E-state index in [1.54, 1.807) is 26.0 Å². The highest BCUT2D eigenvalue weighted by Crippen LogP contribution is 2.16. The molecule has 7 nitrogen and oxygen atoms in total. The van der Waals surface area contributed by atoms with E-state index in [0.29, 0.717) is 30.6 Å². The zero-order valence-electron chi connectivity index (χ0n) is 15.8. The molecule has 0 atom stereocenters.